The lowest BCUT2D eigenvalue weighted by Gasteiger charge is -2.06. The van der Waals surface area contributed by atoms with Gasteiger partial charge in [-0.25, -0.2) is 0 Å². The number of unbranched alkanes of at least 4 members (excludes halogenated alkanes) is 2. The molecule has 0 fully saturated rings. The van der Waals surface area contributed by atoms with E-state index in [9.17, 15) is 0 Å². The third-order valence-corrected chi connectivity index (χ3v) is 2.50. The van der Waals surface area contributed by atoms with E-state index in [2.05, 4.69) is 26.8 Å². The van der Waals surface area contributed by atoms with Crippen molar-refractivity contribution in [3.63, 3.8) is 0 Å². The molecule has 0 spiro atoms. The molecule has 2 aromatic rings. The van der Waals surface area contributed by atoms with Crippen molar-refractivity contribution in [2.75, 3.05) is 11.9 Å². The maximum Gasteiger partial charge on any atom is 0.247 e. The average molecular weight is 241 g/mol. The summed E-state index contributed by atoms with van der Waals surface area (Å²) in [5.74, 6) is 3.28. The summed E-state index contributed by atoms with van der Waals surface area (Å²) in [6, 6.07) is 9.78. The summed E-state index contributed by atoms with van der Waals surface area (Å²) in [4.78, 5) is 0. The fraction of sp³-hybridized carbons (Fsp3) is 0.308. The van der Waals surface area contributed by atoms with Gasteiger partial charge in [-0.2, -0.15) is 4.68 Å². The lowest BCUT2D eigenvalue weighted by molar-refractivity contribution is 0.769. The van der Waals surface area contributed by atoms with Crippen LogP contribution in [0.4, 0.5) is 5.95 Å². The van der Waals surface area contributed by atoms with Crippen molar-refractivity contribution in [1.82, 2.24) is 20.2 Å². The van der Waals surface area contributed by atoms with Gasteiger partial charge in [-0.1, -0.05) is 23.3 Å². The van der Waals surface area contributed by atoms with Gasteiger partial charge in [0.2, 0.25) is 5.95 Å². The van der Waals surface area contributed by atoms with E-state index in [1.165, 1.54) is 0 Å². The number of terminal acetylenes is 1. The summed E-state index contributed by atoms with van der Waals surface area (Å²) < 4.78 is 1.68. The van der Waals surface area contributed by atoms with E-state index in [0.717, 1.165) is 31.5 Å². The zero-order valence-corrected chi connectivity index (χ0v) is 10.1. The van der Waals surface area contributed by atoms with Gasteiger partial charge >= 0.3 is 0 Å². The molecular formula is C13H15N5. The molecule has 0 amide bonds. The first-order valence-corrected chi connectivity index (χ1v) is 5.93. The average Bonchev–Trinajstić information content (AvgIpc) is 2.88. The summed E-state index contributed by atoms with van der Waals surface area (Å²) in [5.41, 5.74) is 0.939. The summed E-state index contributed by atoms with van der Waals surface area (Å²) in [5, 5.41) is 14.8. The maximum absolute atomic E-state index is 5.20. The first kappa shape index (κ1) is 12.1. The minimum absolute atomic E-state index is 0.655. The van der Waals surface area contributed by atoms with Gasteiger partial charge in [0.25, 0.3) is 0 Å². The second-order valence-electron chi connectivity index (χ2n) is 3.84. The van der Waals surface area contributed by atoms with Crippen molar-refractivity contribution >= 4 is 5.95 Å². The SMILES string of the molecule is C#CCCCCNc1nnnn1-c1ccccc1. The third kappa shape index (κ3) is 3.08. The smallest absolute Gasteiger partial charge is 0.247 e. The Morgan fingerprint density at radius 3 is 2.83 bits per heavy atom. The van der Waals surface area contributed by atoms with Crippen LogP contribution in [0.1, 0.15) is 19.3 Å². The molecule has 0 unspecified atom stereocenters. The van der Waals surface area contributed by atoms with E-state index in [4.69, 9.17) is 6.42 Å². The van der Waals surface area contributed by atoms with Crippen molar-refractivity contribution in [2.24, 2.45) is 0 Å². The lowest BCUT2D eigenvalue weighted by Crippen LogP contribution is -2.08. The number of para-hydroxylation sites is 1. The van der Waals surface area contributed by atoms with Crippen LogP contribution in [0.5, 0.6) is 0 Å². The predicted molar refractivity (Wildman–Crippen MR) is 70.3 cm³/mol. The molecule has 0 saturated heterocycles. The topological polar surface area (TPSA) is 55.6 Å². The number of rotatable bonds is 6. The fourth-order valence-electron chi connectivity index (χ4n) is 1.59. The number of hydrogen-bond donors (Lipinski definition) is 1. The molecular weight excluding hydrogens is 226 g/mol. The highest BCUT2D eigenvalue weighted by molar-refractivity contribution is 5.38. The van der Waals surface area contributed by atoms with Gasteiger partial charge in [-0.3, -0.25) is 0 Å². The first-order chi connectivity index (χ1) is 8.92. The molecule has 18 heavy (non-hydrogen) atoms. The van der Waals surface area contributed by atoms with E-state index in [0.29, 0.717) is 5.95 Å². The van der Waals surface area contributed by atoms with E-state index < -0.39 is 0 Å². The predicted octanol–water partition coefficient (Wildman–Crippen LogP) is 1.88. The van der Waals surface area contributed by atoms with Gasteiger partial charge in [-0.15, -0.1) is 12.3 Å². The lowest BCUT2D eigenvalue weighted by atomic mass is 10.2. The zero-order valence-electron chi connectivity index (χ0n) is 10.1. The molecule has 5 nitrogen and oxygen atoms in total. The zero-order chi connectivity index (χ0) is 12.6. The summed E-state index contributed by atoms with van der Waals surface area (Å²) in [6.07, 6.45) is 8.03. The van der Waals surface area contributed by atoms with Crippen LogP contribution in [0.3, 0.4) is 0 Å². The van der Waals surface area contributed by atoms with Gasteiger partial charge in [0.05, 0.1) is 5.69 Å². The highest BCUT2D eigenvalue weighted by Crippen LogP contribution is 2.10. The number of aromatic nitrogens is 4. The number of tetrazole rings is 1. The number of nitrogens with zero attached hydrogens (tertiary/aromatic N) is 4. The van der Waals surface area contributed by atoms with Crippen LogP contribution in [-0.4, -0.2) is 26.8 Å². The monoisotopic (exact) mass is 241 g/mol. The highest BCUT2D eigenvalue weighted by atomic mass is 15.6. The Morgan fingerprint density at radius 2 is 2.06 bits per heavy atom. The van der Waals surface area contributed by atoms with Crippen LogP contribution < -0.4 is 5.32 Å². The molecule has 0 aliphatic carbocycles. The normalized spacial score (nSPS) is 9.94. The van der Waals surface area contributed by atoms with Crippen LogP contribution in [0, 0.1) is 12.3 Å². The Bertz CT molecular complexity index is 512. The number of anilines is 1. The highest BCUT2D eigenvalue weighted by Gasteiger charge is 2.06. The van der Waals surface area contributed by atoms with Gasteiger partial charge in [0.1, 0.15) is 0 Å². The van der Waals surface area contributed by atoms with E-state index in [1.54, 1.807) is 4.68 Å². The molecule has 1 N–H and O–H groups in total. The Labute approximate surface area is 106 Å². The maximum atomic E-state index is 5.20. The van der Waals surface area contributed by atoms with Gasteiger partial charge in [0.15, 0.2) is 0 Å². The van der Waals surface area contributed by atoms with Crippen LogP contribution >= 0.6 is 0 Å². The molecule has 92 valence electrons. The minimum Gasteiger partial charge on any atom is -0.353 e. The molecule has 0 aliphatic heterocycles. The van der Waals surface area contributed by atoms with E-state index in [1.807, 2.05) is 30.3 Å². The molecule has 0 atom stereocenters. The Kier molecular flexibility index (Phi) is 4.31. The Balaban J connectivity index is 1.95. The van der Waals surface area contributed by atoms with Gasteiger partial charge < -0.3 is 5.32 Å². The van der Waals surface area contributed by atoms with E-state index in [-0.39, 0.29) is 0 Å². The van der Waals surface area contributed by atoms with Crippen LogP contribution in [-0.2, 0) is 0 Å². The summed E-state index contributed by atoms with van der Waals surface area (Å²) >= 11 is 0. The minimum atomic E-state index is 0.655. The number of benzene rings is 1. The molecule has 0 saturated carbocycles. The van der Waals surface area contributed by atoms with Gasteiger partial charge in [0, 0.05) is 13.0 Å². The molecule has 1 aromatic heterocycles. The first-order valence-electron chi connectivity index (χ1n) is 5.93. The fourth-order valence-corrected chi connectivity index (χ4v) is 1.59. The Morgan fingerprint density at radius 1 is 1.22 bits per heavy atom. The Hall–Kier alpha value is -2.35. The molecule has 5 heteroatoms. The largest absolute Gasteiger partial charge is 0.353 e. The molecule has 1 aromatic carbocycles. The quantitative estimate of drug-likeness (QED) is 0.619. The molecule has 0 radical (unpaired) electrons. The van der Waals surface area contributed by atoms with Crippen molar-refractivity contribution < 1.29 is 0 Å². The van der Waals surface area contributed by atoms with Crippen molar-refractivity contribution in [3.05, 3.63) is 30.3 Å². The van der Waals surface area contributed by atoms with Crippen LogP contribution in [0.25, 0.3) is 5.69 Å². The van der Waals surface area contributed by atoms with Crippen LogP contribution in [0.15, 0.2) is 30.3 Å². The van der Waals surface area contributed by atoms with Crippen molar-refractivity contribution in [1.29, 1.82) is 0 Å². The second-order valence-corrected chi connectivity index (χ2v) is 3.84. The second kappa shape index (κ2) is 6.40. The summed E-state index contributed by atoms with van der Waals surface area (Å²) in [6.45, 7) is 0.814. The number of nitrogens with one attached hydrogen (secondary N) is 1. The van der Waals surface area contributed by atoms with Crippen molar-refractivity contribution in [2.45, 2.75) is 19.3 Å². The summed E-state index contributed by atoms with van der Waals surface area (Å²) in [7, 11) is 0. The standard InChI is InChI=1S/C13H15N5/c1-2-3-4-8-11-14-13-15-16-17-18(13)12-9-6-5-7-10-12/h1,5-7,9-10H,3-4,8,11H2,(H,14,15,17). The van der Waals surface area contributed by atoms with Crippen LogP contribution in [0.2, 0.25) is 0 Å². The third-order valence-electron chi connectivity index (χ3n) is 2.50. The van der Waals surface area contributed by atoms with E-state index >= 15 is 0 Å². The van der Waals surface area contributed by atoms with Gasteiger partial charge in [-0.05, 0) is 35.4 Å². The molecule has 0 bridgehead atoms. The number of hydrogen-bond acceptors (Lipinski definition) is 4. The molecule has 0 aliphatic rings. The molecule has 1 heterocycles. The molecule has 2 rings (SSSR count). The van der Waals surface area contributed by atoms with Crippen molar-refractivity contribution in [3.8, 4) is 18.0 Å².